The molecule has 2 aromatic rings. The van der Waals surface area contributed by atoms with Gasteiger partial charge < -0.3 is 25.2 Å². The van der Waals surface area contributed by atoms with E-state index in [1.54, 1.807) is 0 Å². The minimum Gasteiger partial charge on any atom is -0.475 e. The van der Waals surface area contributed by atoms with E-state index in [0.29, 0.717) is 17.8 Å². The zero-order chi connectivity index (χ0) is 20.9. The number of piperidine rings is 1. The number of hydrogen-bond donors (Lipinski definition) is 4. The molecule has 13 heteroatoms. The first kappa shape index (κ1) is 21.0. The van der Waals surface area contributed by atoms with Gasteiger partial charge in [0.05, 0.1) is 6.20 Å². The van der Waals surface area contributed by atoms with E-state index in [4.69, 9.17) is 14.4 Å². The van der Waals surface area contributed by atoms with Crippen molar-refractivity contribution in [2.45, 2.75) is 24.9 Å². The Morgan fingerprint density at radius 2 is 1.97 bits per heavy atom. The van der Waals surface area contributed by atoms with Crippen molar-refractivity contribution in [2.75, 3.05) is 44.2 Å². The lowest BCUT2D eigenvalue weighted by atomic mass is 9.92. The third-order valence-electron chi connectivity index (χ3n) is 4.68. The number of nitrogens with zero attached hydrogens (tertiary/aromatic N) is 4. The number of hydrogen-bond acceptors (Lipinski definition) is 8. The predicted octanol–water partition coefficient (Wildman–Crippen LogP) is 0.970. The topological polar surface area (TPSA) is 132 Å². The van der Waals surface area contributed by atoms with Crippen LogP contribution in [0, 0.1) is 0 Å². The van der Waals surface area contributed by atoms with E-state index >= 15 is 0 Å². The third-order valence-corrected chi connectivity index (χ3v) is 4.68. The quantitative estimate of drug-likeness (QED) is 0.577. The second-order valence-electron chi connectivity index (χ2n) is 6.68. The number of aromatic amines is 1. The highest BCUT2D eigenvalue weighted by Gasteiger charge is 2.38. The van der Waals surface area contributed by atoms with Crippen molar-refractivity contribution in [3.8, 4) is 11.6 Å². The Morgan fingerprint density at radius 1 is 1.24 bits per heavy atom. The normalized spacial score (nSPS) is 20.1. The summed E-state index contributed by atoms with van der Waals surface area (Å²) in [6, 6.07) is 0. The van der Waals surface area contributed by atoms with Crippen molar-refractivity contribution < 1.29 is 27.6 Å². The fourth-order valence-electron chi connectivity index (χ4n) is 3.20. The summed E-state index contributed by atoms with van der Waals surface area (Å²) < 4.78 is 37.2. The number of H-pyrrole nitrogens is 1. The average molecular weight is 417 g/mol. The predicted molar refractivity (Wildman–Crippen MR) is 95.5 cm³/mol. The van der Waals surface area contributed by atoms with Crippen LogP contribution in [-0.2, 0) is 4.79 Å². The second-order valence-corrected chi connectivity index (χ2v) is 6.68. The van der Waals surface area contributed by atoms with Crippen LogP contribution >= 0.6 is 0 Å². The van der Waals surface area contributed by atoms with Gasteiger partial charge in [0.25, 0.3) is 11.8 Å². The monoisotopic (exact) mass is 417 g/mol. The maximum absolute atomic E-state index is 10.6. The van der Waals surface area contributed by atoms with E-state index in [9.17, 15) is 13.2 Å². The van der Waals surface area contributed by atoms with Crippen LogP contribution in [-0.4, -0.2) is 76.9 Å². The smallest absolute Gasteiger partial charge is 0.475 e. The van der Waals surface area contributed by atoms with E-state index in [1.165, 1.54) is 18.4 Å². The molecule has 0 aliphatic carbocycles. The Morgan fingerprint density at radius 3 is 2.59 bits per heavy atom. The molecule has 4 N–H and O–H groups in total. The van der Waals surface area contributed by atoms with Crippen LogP contribution in [0.25, 0.3) is 11.6 Å². The van der Waals surface area contributed by atoms with Gasteiger partial charge >= 0.3 is 12.1 Å². The molecule has 4 heterocycles. The molecule has 0 spiro atoms. The molecule has 0 saturated carbocycles. The zero-order valence-electron chi connectivity index (χ0n) is 15.5. The van der Waals surface area contributed by atoms with Gasteiger partial charge in [0.2, 0.25) is 0 Å². The van der Waals surface area contributed by atoms with Crippen molar-refractivity contribution in [3.05, 3.63) is 11.8 Å². The molecule has 2 saturated heterocycles. The number of aromatic nitrogens is 4. The summed E-state index contributed by atoms with van der Waals surface area (Å²) in [6.45, 7) is 5.78. The molecule has 2 aliphatic rings. The number of carboxylic acids is 1. The summed E-state index contributed by atoms with van der Waals surface area (Å²) in [5, 5.41) is 25.2. The fraction of sp³-hybridized carbons (Fsp3) is 0.625. The Balaban J connectivity index is 0.000000298. The van der Waals surface area contributed by atoms with Gasteiger partial charge in [-0.25, -0.2) is 4.79 Å². The lowest BCUT2D eigenvalue weighted by Crippen LogP contribution is -2.44. The molecule has 2 aliphatic heterocycles. The Kier molecular flexibility index (Phi) is 6.69. The summed E-state index contributed by atoms with van der Waals surface area (Å²) in [5.74, 6) is -1.10. The largest absolute Gasteiger partial charge is 0.490 e. The molecule has 160 valence electrons. The molecule has 1 atom stereocenters. The maximum Gasteiger partial charge on any atom is 0.490 e. The first-order valence-corrected chi connectivity index (χ1v) is 9.20. The van der Waals surface area contributed by atoms with E-state index in [0.717, 1.165) is 45.0 Å². The van der Waals surface area contributed by atoms with Crippen molar-refractivity contribution in [1.29, 1.82) is 0 Å². The number of carboxylic acid groups (broad SMARTS) is 1. The van der Waals surface area contributed by atoms with Gasteiger partial charge in [0.1, 0.15) is 5.69 Å². The van der Waals surface area contributed by atoms with Gasteiger partial charge in [-0.3, -0.25) is 5.10 Å². The van der Waals surface area contributed by atoms with E-state index < -0.39 is 12.1 Å². The molecule has 4 rings (SSSR count). The minimum atomic E-state index is -5.08. The number of alkyl halides is 3. The molecular formula is C16H22F3N7O3. The highest BCUT2D eigenvalue weighted by Crippen LogP contribution is 2.31. The van der Waals surface area contributed by atoms with Gasteiger partial charge in [-0.1, -0.05) is 0 Å². The molecule has 2 aromatic heterocycles. The van der Waals surface area contributed by atoms with E-state index in [1.807, 2.05) is 6.20 Å². The van der Waals surface area contributed by atoms with Crippen LogP contribution in [0.4, 0.5) is 19.1 Å². The maximum atomic E-state index is 10.6. The first-order valence-electron chi connectivity index (χ1n) is 9.20. The first-order chi connectivity index (χ1) is 13.9. The van der Waals surface area contributed by atoms with Crippen LogP contribution in [0.3, 0.4) is 0 Å². The molecular weight excluding hydrogens is 395 g/mol. The van der Waals surface area contributed by atoms with Crippen LogP contribution in [0.15, 0.2) is 10.7 Å². The number of anilines is 1. The van der Waals surface area contributed by atoms with Gasteiger partial charge in [0, 0.05) is 44.2 Å². The lowest BCUT2D eigenvalue weighted by Gasteiger charge is -2.25. The van der Waals surface area contributed by atoms with Gasteiger partial charge in [-0.2, -0.15) is 23.3 Å². The Hall–Kier alpha value is -2.67. The lowest BCUT2D eigenvalue weighted by molar-refractivity contribution is -0.192. The zero-order valence-corrected chi connectivity index (χ0v) is 15.5. The number of nitrogens with one attached hydrogen (secondary N) is 3. The van der Waals surface area contributed by atoms with Crippen molar-refractivity contribution in [3.63, 3.8) is 0 Å². The van der Waals surface area contributed by atoms with Crippen LogP contribution in [0.5, 0.6) is 0 Å². The SMILES string of the molecule is O=C(O)C(F)(F)F.c1n[nH]c(-c2nc(N3CCNCC3)no2)c1C1CCCNC1. The number of rotatable bonds is 3. The number of piperazine rings is 1. The van der Waals surface area contributed by atoms with Crippen LogP contribution in [0.2, 0.25) is 0 Å². The standard InChI is InChI=1S/C14H21N7O.C2HF3O2/c1-2-10(8-16-3-1)11-9-17-19-12(11)13-18-14(20-22-13)21-6-4-15-5-7-21;3-2(4,5)1(6)7/h9-10,15-16H,1-8H2,(H,17,19);(H,6,7). The van der Waals surface area contributed by atoms with Gasteiger partial charge in [-0.05, 0) is 24.5 Å². The van der Waals surface area contributed by atoms with E-state index in [2.05, 4.69) is 35.9 Å². The number of halogens is 3. The minimum absolute atomic E-state index is 0.456. The molecule has 0 radical (unpaired) electrons. The third kappa shape index (κ3) is 5.44. The molecule has 10 nitrogen and oxygen atoms in total. The summed E-state index contributed by atoms with van der Waals surface area (Å²) in [4.78, 5) is 15.6. The van der Waals surface area contributed by atoms with Crippen molar-refractivity contribution in [1.82, 2.24) is 31.0 Å². The summed E-state index contributed by atoms with van der Waals surface area (Å²) >= 11 is 0. The van der Waals surface area contributed by atoms with Crippen molar-refractivity contribution in [2.24, 2.45) is 0 Å². The number of aliphatic carboxylic acids is 1. The summed E-state index contributed by atoms with van der Waals surface area (Å²) in [6.07, 6.45) is -0.842. The average Bonchev–Trinajstić information content (AvgIpc) is 3.38. The second kappa shape index (κ2) is 9.22. The molecule has 0 amide bonds. The van der Waals surface area contributed by atoms with E-state index in [-0.39, 0.29) is 0 Å². The fourth-order valence-corrected chi connectivity index (χ4v) is 3.20. The molecule has 2 fully saturated rings. The van der Waals surface area contributed by atoms with Crippen LogP contribution in [0.1, 0.15) is 24.3 Å². The Labute approximate surface area is 163 Å². The molecule has 29 heavy (non-hydrogen) atoms. The van der Waals surface area contributed by atoms with Crippen LogP contribution < -0.4 is 15.5 Å². The highest BCUT2D eigenvalue weighted by atomic mass is 19.4. The molecule has 0 aromatic carbocycles. The highest BCUT2D eigenvalue weighted by molar-refractivity contribution is 5.73. The Bertz CT molecular complexity index is 796. The molecule has 1 unspecified atom stereocenters. The number of carbonyl (C=O) groups is 1. The van der Waals surface area contributed by atoms with Crippen molar-refractivity contribution >= 4 is 11.9 Å². The molecule has 0 bridgehead atoms. The van der Waals surface area contributed by atoms with Gasteiger partial charge in [-0.15, -0.1) is 0 Å². The summed E-state index contributed by atoms with van der Waals surface area (Å²) in [5.41, 5.74) is 2.03. The van der Waals surface area contributed by atoms with Gasteiger partial charge in [0.15, 0.2) is 0 Å². The summed E-state index contributed by atoms with van der Waals surface area (Å²) in [7, 11) is 0.